The molecule has 0 bridgehead atoms. The lowest BCUT2D eigenvalue weighted by Gasteiger charge is -2.34. The lowest BCUT2D eigenvalue weighted by atomic mass is 9.73. The number of rotatable bonds is 3. The zero-order valence-corrected chi connectivity index (χ0v) is 23.3. The number of carbonyl (C=O) groups is 2. The van der Waals surface area contributed by atoms with Crippen molar-refractivity contribution in [1.29, 1.82) is 0 Å². The van der Waals surface area contributed by atoms with Gasteiger partial charge in [0.1, 0.15) is 16.9 Å². The molecule has 0 saturated carbocycles. The molecule has 7 atom stereocenters. The van der Waals surface area contributed by atoms with Crippen LogP contribution in [-0.2, 0) is 25.6 Å². The first-order chi connectivity index (χ1) is 16.8. The Morgan fingerprint density at radius 2 is 2.00 bits per heavy atom. The van der Waals surface area contributed by atoms with Gasteiger partial charge in [0.05, 0.1) is 46.5 Å². The van der Waals surface area contributed by atoms with Crippen molar-refractivity contribution in [3.63, 3.8) is 0 Å². The summed E-state index contributed by atoms with van der Waals surface area (Å²) in [5, 5.41) is 24.6. The van der Waals surface area contributed by atoms with E-state index in [1.807, 2.05) is 19.2 Å². The van der Waals surface area contributed by atoms with Gasteiger partial charge < -0.3 is 25.4 Å². The fourth-order valence-corrected chi connectivity index (χ4v) is 5.78. The number of aliphatic hydroxyl groups excluding tert-OH is 2. The van der Waals surface area contributed by atoms with Crippen LogP contribution in [0.2, 0.25) is 0 Å². The average Bonchev–Trinajstić information content (AvgIpc) is 3.23. The van der Waals surface area contributed by atoms with Gasteiger partial charge in [-0.05, 0) is 31.8 Å². The number of cyclic esters (lactones) is 1. The van der Waals surface area contributed by atoms with Gasteiger partial charge in [-0.3, -0.25) is 9.59 Å². The van der Waals surface area contributed by atoms with E-state index in [2.05, 4.69) is 4.98 Å². The molecule has 36 heavy (non-hydrogen) atoms. The van der Waals surface area contributed by atoms with E-state index in [1.165, 1.54) is 11.3 Å². The number of hydrogen-bond acceptors (Lipinski definition) is 9. The van der Waals surface area contributed by atoms with Crippen molar-refractivity contribution in [3.8, 4) is 0 Å². The molecule has 4 N–H and O–H groups in total. The molecule has 3 heterocycles. The predicted octanol–water partition coefficient (Wildman–Crippen LogP) is 3.80. The number of nitrogens with two attached hydrogens (primary N) is 1. The molecule has 2 aliphatic rings. The van der Waals surface area contributed by atoms with E-state index in [4.69, 9.17) is 26.8 Å². The van der Waals surface area contributed by atoms with Gasteiger partial charge in [-0.15, -0.1) is 11.3 Å². The Kier molecular flexibility index (Phi) is 9.39. The molecule has 0 radical (unpaired) electrons. The third kappa shape index (κ3) is 6.74. The summed E-state index contributed by atoms with van der Waals surface area (Å²) in [5.41, 5.74) is 4.66. The number of ketones is 1. The standard InChI is InChI=1S/C26H39ClN2O6S/c1-14-7-6-8-26(5)20(35-26)10-18(17(27)9-16-13-36-21(12-28)29-16)34-22(31)11-19(30)25(3,4)24(33)15(2)23(14)32/h9,13-15,18-20,23,30,32H,6-8,10-12,28H2,1-5H3/b17-9-/t14-,15+,18-,19-,20-,23-,26+/m0/s1. The van der Waals surface area contributed by atoms with Crippen molar-refractivity contribution in [2.45, 2.75) is 103 Å². The van der Waals surface area contributed by atoms with Gasteiger partial charge in [0.2, 0.25) is 0 Å². The topological polar surface area (TPSA) is 135 Å². The number of hydrogen-bond donors (Lipinski definition) is 3. The van der Waals surface area contributed by atoms with E-state index < -0.39 is 35.6 Å². The second-order valence-electron chi connectivity index (χ2n) is 11.0. The molecule has 0 amide bonds. The first kappa shape index (κ1) is 29.2. The molecule has 1 aromatic rings. The fourth-order valence-electron chi connectivity index (χ4n) is 4.90. The van der Waals surface area contributed by atoms with Crippen LogP contribution in [0.5, 0.6) is 0 Å². The maximum absolute atomic E-state index is 13.2. The number of nitrogens with zero attached hydrogens (tertiary/aromatic N) is 1. The van der Waals surface area contributed by atoms with Gasteiger partial charge >= 0.3 is 5.97 Å². The number of aliphatic hydroxyl groups is 2. The largest absolute Gasteiger partial charge is 0.456 e. The summed E-state index contributed by atoms with van der Waals surface area (Å²) in [6.07, 6.45) is 0.894. The number of esters is 1. The maximum Gasteiger partial charge on any atom is 0.309 e. The molecule has 2 saturated heterocycles. The smallest absolute Gasteiger partial charge is 0.309 e. The maximum atomic E-state index is 13.2. The first-order valence-electron chi connectivity index (χ1n) is 12.6. The highest BCUT2D eigenvalue weighted by atomic mass is 35.5. The van der Waals surface area contributed by atoms with Crippen LogP contribution < -0.4 is 5.73 Å². The van der Waals surface area contributed by atoms with Crippen LogP contribution in [0.3, 0.4) is 0 Å². The minimum absolute atomic E-state index is 0.0998. The van der Waals surface area contributed by atoms with Gasteiger partial charge in [0, 0.05) is 24.3 Å². The number of thiazole rings is 1. The first-order valence-corrected chi connectivity index (χ1v) is 13.8. The van der Waals surface area contributed by atoms with Crippen LogP contribution in [0.15, 0.2) is 10.4 Å². The Hall–Kier alpha value is -1.36. The Labute approximate surface area is 222 Å². The molecule has 3 rings (SSSR count). The van der Waals surface area contributed by atoms with Crippen molar-refractivity contribution < 1.29 is 29.3 Å². The number of epoxide rings is 1. The van der Waals surface area contributed by atoms with Gasteiger partial charge in [-0.2, -0.15) is 0 Å². The molecule has 0 spiro atoms. The average molecular weight is 543 g/mol. The van der Waals surface area contributed by atoms with Gasteiger partial charge in [-0.1, -0.05) is 45.7 Å². The number of carbonyl (C=O) groups excluding carboxylic acids is 2. The van der Waals surface area contributed by atoms with Crippen LogP contribution in [0.1, 0.15) is 77.4 Å². The normalized spacial score (nSPS) is 36.8. The van der Waals surface area contributed by atoms with Crippen molar-refractivity contribution >= 4 is 40.8 Å². The van der Waals surface area contributed by atoms with Gasteiger partial charge in [0.15, 0.2) is 0 Å². The van der Waals surface area contributed by atoms with E-state index in [9.17, 15) is 19.8 Å². The fraction of sp³-hybridized carbons (Fsp3) is 0.731. The second kappa shape index (κ2) is 11.6. The van der Waals surface area contributed by atoms with Gasteiger partial charge in [0.25, 0.3) is 0 Å². The third-order valence-electron chi connectivity index (χ3n) is 7.74. The summed E-state index contributed by atoms with van der Waals surface area (Å²) in [4.78, 5) is 30.5. The summed E-state index contributed by atoms with van der Waals surface area (Å²) in [7, 11) is 0. The summed E-state index contributed by atoms with van der Waals surface area (Å²) >= 11 is 8.05. The quantitative estimate of drug-likeness (QED) is 0.387. The minimum Gasteiger partial charge on any atom is -0.456 e. The monoisotopic (exact) mass is 542 g/mol. The number of aromatic nitrogens is 1. The van der Waals surface area contributed by atoms with Crippen LogP contribution in [0.4, 0.5) is 0 Å². The van der Waals surface area contributed by atoms with E-state index in [1.54, 1.807) is 26.8 Å². The molecule has 0 aliphatic carbocycles. The number of Topliss-reactive ketones (excluding diaryl/α,β-unsaturated/α-hetero) is 1. The molecule has 2 fully saturated rings. The molecule has 0 unspecified atom stereocenters. The second-order valence-corrected chi connectivity index (χ2v) is 12.4. The summed E-state index contributed by atoms with van der Waals surface area (Å²) < 4.78 is 11.7. The molecule has 10 heteroatoms. The Balaban J connectivity index is 1.85. The van der Waals surface area contributed by atoms with Crippen molar-refractivity contribution in [2.75, 3.05) is 0 Å². The number of halogens is 1. The zero-order chi connectivity index (χ0) is 26.8. The molecular weight excluding hydrogens is 504 g/mol. The Bertz CT molecular complexity index is 981. The zero-order valence-electron chi connectivity index (χ0n) is 21.7. The summed E-state index contributed by atoms with van der Waals surface area (Å²) in [5.74, 6) is -1.75. The van der Waals surface area contributed by atoms with Crippen molar-refractivity contribution in [3.05, 3.63) is 21.1 Å². The number of fused-ring (bicyclic) bond motifs is 1. The van der Waals surface area contributed by atoms with Crippen molar-refractivity contribution in [2.24, 2.45) is 23.0 Å². The minimum atomic E-state index is -1.29. The Morgan fingerprint density at radius 3 is 2.64 bits per heavy atom. The number of ether oxygens (including phenoxy) is 2. The van der Waals surface area contributed by atoms with E-state index in [0.717, 1.165) is 24.3 Å². The van der Waals surface area contributed by atoms with E-state index >= 15 is 0 Å². The van der Waals surface area contributed by atoms with Crippen LogP contribution >= 0.6 is 22.9 Å². The van der Waals surface area contributed by atoms with Crippen LogP contribution in [-0.4, -0.2) is 57.0 Å². The molecule has 1 aromatic heterocycles. The van der Waals surface area contributed by atoms with Gasteiger partial charge in [-0.25, -0.2) is 4.98 Å². The summed E-state index contributed by atoms with van der Waals surface area (Å²) in [6, 6.07) is 0. The highest BCUT2D eigenvalue weighted by molar-refractivity contribution is 7.09. The van der Waals surface area contributed by atoms with Crippen molar-refractivity contribution in [1.82, 2.24) is 4.98 Å². The highest BCUT2D eigenvalue weighted by Gasteiger charge is 2.53. The highest BCUT2D eigenvalue weighted by Crippen LogP contribution is 2.45. The molecule has 0 aromatic carbocycles. The lowest BCUT2D eigenvalue weighted by molar-refractivity contribution is -0.154. The predicted molar refractivity (Wildman–Crippen MR) is 139 cm³/mol. The Morgan fingerprint density at radius 1 is 1.31 bits per heavy atom. The molecule has 8 nitrogen and oxygen atoms in total. The van der Waals surface area contributed by atoms with E-state index in [0.29, 0.717) is 23.7 Å². The molecule has 202 valence electrons. The lowest BCUT2D eigenvalue weighted by Crippen LogP contribution is -2.45. The molecular formula is C26H39ClN2O6S. The van der Waals surface area contributed by atoms with E-state index in [-0.39, 0.29) is 29.8 Å². The third-order valence-corrected chi connectivity index (χ3v) is 8.99. The summed E-state index contributed by atoms with van der Waals surface area (Å²) in [6.45, 7) is 9.13. The van der Waals surface area contributed by atoms with Crippen LogP contribution in [0, 0.1) is 17.3 Å². The van der Waals surface area contributed by atoms with Crippen LogP contribution in [0.25, 0.3) is 6.08 Å². The SMILES string of the molecule is C[C@H]1CCC[C@@]2(C)O[C@H]2C[C@@H](/C(Cl)=C/c2csc(CN)n2)OC(=O)C[C@H](O)C(C)(C)C(=O)[C@H](C)[C@H]1O. The molecule has 2 aliphatic heterocycles.